The van der Waals surface area contributed by atoms with Gasteiger partial charge in [-0.05, 0) is 33.2 Å². The maximum absolute atomic E-state index is 12.4. The second kappa shape index (κ2) is 12.7. The van der Waals surface area contributed by atoms with Crippen LogP contribution < -0.4 is 0 Å². The molecule has 1 aliphatic heterocycles. The Morgan fingerprint density at radius 1 is 0.742 bits per heavy atom. The van der Waals surface area contributed by atoms with Crippen molar-refractivity contribution in [1.82, 2.24) is 19.6 Å². The van der Waals surface area contributed by atoms with Crippen LogP contribution in [0.1, 0.15) is 41.5 Å². The van der Waals surface area contributed by atoms with Crippen molar-refractivity contribution in [3.05, 3.63) is 0 Å². The number of hydrogen-bond acceptors (Lipinski definition) is 9. The Morgan fingerprint density at radius 2 is 1.16 bits per heavy atom. The van der Waals surface area contributed by atoms with E-state index >= 15 is 0 Å². The summed E-state index contributed by atoms with van der Waals surface area (Å²) in [5.41, 5.74) is -0.345. The molecule has 0 unspecified atom stereocenters. The smallest absolute Gasteiger partial charge is 0.355 e. The molecule has 0 spiro atoms. The third-order valence-electron chi connectivity index (χ3n) is 4.99. The Hall–Kier alpha value is -1.26. The topological polar surface area (TPSA) is 85.8 Å². The summed E-state index contributed by atoms with van der Waals surface area (Å²) in [4.78, 5) is 36.7. The molecule has 0 aromatic heterocycles. The number of nitrogens with zero attached hydrogens (tertiary/aromatic N) is 4. The van der Waals surface area contributed by atoms with E-state index in [9.17, 15) is 9.59 Å². The van der Waals surface area contributed by atoms with E-state index in [0.29, 0.717) is 19.6 Å². The van der Waals surface area contributed by atoms with Gasteiger partial charge >= 0.3 is 11.9 Å². The fourth-order valence-electron chi connectivity index (χ4n) is 3.55. The van der Waals surface area contributed by atoms with Gasteiger partial charge in [0.2, 0.25) is 0 Å². The highest BCUT2D eigenvalue weighted by atomic mass is 17.1. The molecule has 0 amide bonds. The molecule has 1 aliphatic rings. The second-order valence-corrected chi connectivity index (χ2v) is 10.7. The molecule has 1 saturated heterocycles. The van der Waals surface area contributed by atoms with E-state index in [1.807, 2.05) is 25.7 Å². The minimum atomic E-state index is -0.673. The van der Waals surface area contributed by atoms with Crippen LogP contribution in [0.4, 0.5) is 0 Å². The number of likely N-dealkylation sites (N-methyl/N-ethyl adjacent to an activating group) is 1. The van der Waals surface area contributed by atoms with Crippen molar-refractivity contribution in [3.63, 3.8) is 0 Å². The van der Waals surface area contributed by atoms with Crippen LogP contribution in [0.3, 0.4) is 0 Å². The van der Waals surface area contributed by atoms with Gasteiger partial charge in [0, 0.05) is 58.9 Å². The number of rotatable bonds is 5. The Labute approximate surface area is 188 Å². The summed E-state index contributed by atoms with van der Waals surface area (Å²) in [5, 5.41) is 8.72. The fourth-order valence-corrected chi connectivity index (χ4v) is 3.55. The van der Waals surface area contributed by atoms with E-state index in [1.165, 1.54) is 0 Å². The van der Waals surface area contributed by atoms with E-state index in [0.717, 1.165) is 39.3 Å². The third-order valence-corrected chi connectivity index (χ3v) is 4.99. The monoisotopic (exact) mass is 444 g/mol. The second-order valence-electron chi connectivity index (χ2n) is 10.7. The van der Waals surface area contributed by atoms with Gasteiger partial charge in [-0.15, -0.1) is 0 Å². The molecule has 0 aliphatic carbocycles. The first-order valence-electron chi connectivity index (χ1n) is 11.2. The van der Waals surface area contributed by atoms with Crippen molar-refractivity contribution in [3.8, 4) is 0 Å². The van der Waals surface area contributed by atoms with Gasteiger partial charge in [0.15, 0.2) is 0 Å². The largest absolute Gasteiger partial charge is 0.459 e. The Morgan fingerprint density at radius 3 is 1.61 bits per heavy atom. The molecule has 182 valence electrons. The summed E-state index contributed by atoms with van der Waals surface area (Å²) in [6.07, 6.45) is 0. The first kappa shape index (κ1) is 27.8. The van der Waals surface area contributed by atoms with Crippen molar-refractivity contribution >= 4 is 11.9 Å². The van der Waals surface area contributed by atoms with E-state index in [2.05, 4.69) is 47.4 Å². The first-order valence-corrected chi connectivity index (χ1v) is 11.2. The predicted molar refractivity (Wildman–Crippen MR) is 121 cm³/mol. The maximum Gasteiger partial charge on any atom is 0.355 e. The lowest BCUT2D eigenvalue weighted by Gasteiger charge is -2.35. The SMILES string of the molecule is CN1CCN(CC(=O)OC(C)(C)C)CCN(CC(=O)OO)CCN(CC(C)(C)C)CC1. The van der Waals surface area contributed by atoms with Crippen LogP contribution in [0, 0.1) is 5.41 Å². The third kappa shape index (κ3) is 13.7. The van der Waals surface area contributed by atoms with Gasteiger partial charge in [0.25, 0.3) is 0 Å². The molecule has 1 heterocycles. The highest BCUT2D eigenvalue weighted by Gasteiger charge is 2.23. The Balaban J connectivity index is 2.86. The lowest BCUT2D eigenvalue weighted by Crippen LogP contribution is -2.48. The number of ether oxygens (including phenoxy) is 1. The molecule has 0 atom stereocenters. The molecule has 1 N–H and O–H groups in total. The minimum Gasteiger partial charge on any atom is -0.459 e. The molecule has 0 saturated carbocycles. The van der Waals surface area contributed by atoms with Crippen LogP contribution in [-0.2, 0) is 19.2 Å². The number of hydrogen-bond donors (Lipinski definition) is 1. The number of carbonyl (C=O) groups is 2. The summed E-state index contributed by atoms with van der Waals surface area (Å²) in [6, 6.07) is 0. The number of esters is 1. The highest BCUT2D eigenvalue weighted by Crippen LogP contribution is 2.15. The van der Waals surface area contributed by atoms with Gasteiger partial charge in [-0.2, -0.15) is 5.26 Å². The molecule has 9 nitrogen and oxygen atoms in total. The van der Waals surface area contributed by atoms with Crippen LogP contribution in [0.25, 0.3) is 0 Å². The molecule has 0 bridgehead atoms. The van der Waals surface area contributed by atoms with Gasteiger partial charge in [0.05, 0.1) is 6.54 Å². The highest BCUT2D eigenvalue weighted by molar-refractivity contribution is 5.72. The molecule has 0 aromatic carbocycles. The van der Waals surface area contributed by atoms with Crippen molar-refractivity contribution in [1.29, 1.82) is 0 Å². The zero-order valence-corrected chi connectivity index (χ0v) is 20.6. The summed E-state index contributed by atoms with van der Waals surface area (Å²) < 4.78 is 5.49. The van der Waals surface area contributed by atoms with Gasteiger partial charge in [-0.3, -0.25) is 19.5 Å². The van der Waals surface area contributed by atoms with Crippen molar-refractivity contribution < 1.29 is 24.5 Å². The normalized spacial score (nSPS) is 20.0. The van der Waals surface area contributed by atoms with Crippen molar-refractivity contribution in [2.75, 3.05) is 79.0 Å². The van der Waals surface area contributed by atoms with Crippen LogP contribution in [0.2, 0.25) is 0 Å². The average Bonchev–Trinajstić information content (AvgIpc) is 2.61. The first-order chi connectivity index (χ1) is 14.3. The minimum absolute atomic E-state index is 0.0139. The Bertz CT molecular complexity index is 559. The zero-order valence-electron chi connectivity index (χ0n) is 20.6. The fraction of sp³-hybridized carbons (Fsp3) is 0.909. The van der Waals surface area contributed by atoms with Crippen LogP contribution in [0.15, 0.2) is 0 Å². The molecule has 1 rings (SSSR count). The van der Waals surface area contributed by atoms with Crippen LogP contribution >= 0.6 is 0 Å². The standard InChI is InChI=1S/C22H44N4O5/c1-21(2,3)18-26-11-9-23(7)8-10-24(16-19(27)30-22(4,5)6)12-13-25(14-15-26)17-20(28)31-29/h29H,8-18H2,1-7H3. The average molecular weight is 445 g/mol. The van der Waals surface area contributed by atoms with Gasteiger partial charge < -0.3 is 14.5 Å². The summed E-state index contributed by atoms with van der Waals surface area (Å²) in [6.45, 7) is 19.6. The summed E-state index contributed by atoms with van der Waals surface area (Å²) in [5.74, 6) is -0.923. The molecule has 9 heteroatoms. The number of carbonyl (C=O) groups excluding carboxylic acids is 2. The van der Waals surface area contributed by atoms with Gasteiger partial charge in [-0.25, -0.2) is 4.79 Å². The van der Waals surface area contributed by atoms with Gasteiger partial charge in [0.1, 0.15) is 12.1 Å². The van der Waals surface area contributed by atoms with Crippen LogP contribution in [-0.4, -0.2) is 121 Å². The quantitative estimate of drug-likeness (QED) is 0.382. The Kier molecular flexibility index (Phi) is 11.4. The molecule has 0 radical (unpaired) electrons. The van der Waals surface area contributed by atoms with Crippen molar-refractivity contribution in [2.45, 2.75) is 47.1 Å². The molecular weight excluding hydrogens is 400 g/mol. The van der Waals surface area contributed by atoms with E-state index in [-0.39, 0.29) is 24.5 Å². The van der Waals surface area contributed by atoms with Crippen molar-refractivity contribution in [2.24, 2.45) is 5.41 Å². The zero-order chi connectivity index (χ0) is 23.7. The predicted octanol–water partition coefficient (Wildman–Crippen LogP) is 1.24. The molecule has 1 fully saturated rings. The van der Waals surface area contributed by atoms with E-state index < -0.39 is 11.6 Å². The lowest BCUT2D eigenvalue weighted by molar-refractivity contribution is -0.235. The summed E-state index contributed by atoms with van der Waals surface area (Å²) in [7, 11) is 2.11. The molecular formula is C22H44N4O5. The molecule has 31 heavy (non-hydrogen) atoms. The van der Waals surface area contributed by atoms with E-state index in [4.69, 9.17) is 9.99 Å². The lowest BCUT2D eigenvalue weighted by atomic mass is 9.96. The van der Waals surface area contributed by atoms with Crippen LogP contribution in [0.5, 0.6) is 0 Å². The summed E-state index contributed by atoms with van der Waals surface area (Å²) >= 11 is 0. The maximum atomic E-state index is 12.4. The van der Waals surface area contributed by atoms with E-state index in [1.54, 1.807) is 0 Å². The van der Waals surface area contributed by atoms with Gasteiger partial charge in [-0.1, -0.05) is 20.8 Å². The molecule has 0 aromatic rings.